The van der Waals surface area contributed by atoms with Crippen molar-refractivity contribution < 1.29 is 19.4 Å². The first kappa shape index (κ1) is 19.8. The standard InChI is InChI=1S/C23H25NO4/c1-3-5-15-23(27)19(16-21(25)28-4-2)18-13-9-10-14-20(18)24(22(23)26)17-11-7-6-8-12-17/h6-14,16,27H,3-5,15H2,1-2H3/b19-16-. The molecule has 0 aromatic heterocycles. The molecule has 0 aliphatic carbocycles. The van der Waals surface area contributed by atoms with Crippen LogP contribution in [0.3, 0.4) is 0 Å². The lowest BCUT2D eigenvalue weighted by Crippen LogP contribution is -2.51. The summed E-state index contributed by atoms with van der Waals surface area (Å²) in [7, 11) is 0. The van der Waals surface area contributed by atoms with E-state index in [1.165, 1.54) is 11.0 Å². The van der Waals surface area contributed by atoms with E-state index in [-0.39, 0.29) is 13.0 Å². The van der Waals surface area contributed by atoms with Gasteiger partial charge in [-0.15, -0.1) is 0 Å². The predicted molar refractivity (Wildman–Crippen MR) is 109 cm³/mol. The first-order valence-corrected chi connectivity index (χ1v) is 9.63. The normalized spacial score (nSPS) is 20.2. The van der Waals surface area contributed by atoms with Gasteiger partial charge in [-0.2, -0.15) is 0 Å². The molecule has 0 spiro atoms. The number of amides is 1. The number of benzene rings is 2. The second-order valence-corrected chi connectivity index (χ2v) is 6.77. The Morgan fingerprint density at radius 3 is 2.46 bits per heavy atom. The summed E-state index contributed by atoms with van der Waals surface area (Å²) in [4.78, 5) is 27.3. The molecule has 1 aliphatic heterocycles. The Balaban J connectivity index is 2.23. The Hall–Kier alpha value is -2.92. The molecule has 2 aromatic rings. The van der Waals surface area contributed by atoms with Crippen molar-refractivity contribution in [1.82, 2.24) is 0 Å². The molecule has 1 atom stereocenters. The van der Waals surface area contributed by atoms with Gasteiger partial charge in [-0.3, -0.25) is 9.69 Å². The maximum Gasteiger partial charge on any atom is 0.331 e. The van der Waals surface area contributed by atoms with Gasteiger partial charge in [0.1, 0.15) is 0 Å². The number of ether oxygens (including phenoxy) is 1. The van der Waals surface area contributed by atoms with Gasteiger partial charge in [0, 0.05) is 22.9 Å². The number of carbonyl (C=O) groups excluding carboxylic acids is 2. The van der Waals surface area contributed by atoms with Crippen LogP contribution in [0.15, 0.2) is 60.7 Å². The van der Waals surface area contributed by atoms with E-state index in [0.29, 0.717) is 28.9 Å². The lowest BCUT2D eigenvalue weighted by molar-refractivity contribution is -0.137. The van der Waals surface area contributed by atoms with Gasteiger partial charge < -0.3 is 9.84 Å². The van der Waals surface area contributed by atoms with E-state index in [4.69, 9.17) is 4.74 Å². The number of carbonyl (C=O) groups is 2. The van der Waals surface area contributed by atoms with Gasteiger partial charge in [0.05, 0.1) is 12.3 Å². The van der Waals surface area contributed by atoms with Gasteiger partial charge in [0.2, 0.25) is 0 Å². The summed E-state index contributed by atoms with van der Waals surface area (Å²) < 4.78 is 5.05. The van der Waals surface area contributed by atoms with Crippen LogP contribution in [0.4, 0.5) is 11.4 Å². The second-order valence-electron chi connectivity index (χ2n) is 6.77. The Kier molecular flexibility index (Phi) is 5.95. The maximum atomic E-state index is 13.5. The lowest BCUT2D eigenvalue weighted by atomic mass is 9.78. The number of hydrogen-bond donors (Lipinski definition) is 1. The monoisotopic (exact) mass is 379 g/mol. The van der Waals surface area contributed by atoms with Gasteiger partial charge in [0.15, 0.2) is 5.60 Å². The third-order valence-corrected chi connectivity index (χ3v) is 4.89. The quantitative estimate of drug-likeness (QED) is 0.602. The van der Waals surface area contributed by atoms with E-state index in [1.807, 2.05) is 61.5 Å². The molecule has 5 nitrogen and oxygen atoms in total. The van der Waals surface area contributed by atoms with Gasteiger partial charge in [-0.1, -0.05) is 49.7 Å². The molecule has 0 fully saturated rings. The van der Waals surface area contributed by atoms with Gasteiger partial charge >= 0.3 is 5.97 Å². The summed E-state index contributed by atoms with van der Waals surface area (Å²) in [5.74, 6) is -1.02. The number of para-hydroxylation sites is 2. The molecule has 0 radical (unpaired) electrons. The molecule has 1 heterocycles. The van der Waals surface area contributed by atoms with Gasteiger partial charge in [-0.05, 0) is 38.0 Å². The molecule has 1 amide bonds. The number of hydrogen-bond acceptors (Lipinski definition) is 4. The average Bonchev–Trinajstić information content (AvgIpc) is 2.71. The lowest BCUT2D eigenvalue weighted by Gasteiger charge is -2.41. The minimum atomic E-state index is -1.80. The third kappa shape index (κ3) is 3.58. The summed E-state index contributed by atoms with van der Waals surface area (Å²) in [6, 6.07) is 16.5. The van der Waals surface area contributed by atoms with Crippen molar-refractivity contribution in [2.24, 2.45) is 0 Å². The van der Waals surface area contributed by atoms with Crippen LogP contribution in [0.1, 0.15) is 38.7 Å². The largest absolute Gasteiger partial charge is 0.463 e. The van der Waals surface area contributed by atoms with E-state index in [0.717, 1.165) is 6.42 Å². The summed E-state index contributed by atoms with van der Waals surface area (Å²) in [6.45, 7) is 3.94. The van der Waals surface area contributed by atoms with E-state index >= 15 is 0 Å². The van der Waals surface area contributed by atoms with Crippen molar-refractivity contribution in [3.8, 4) is 0 Å². The highest BCUT2D eigenvalue weighted by atomic mass is 16.5. The molecule has 3 rings (SSSR count). The first-order valence-electron chi connectivity index (χ1n) is 9.63. The molecule has 28 heavy (non-hydrogen) atoms. The minimum absolute atomic E-state index is 0.224. The Morgan fingerprint density at radius 1 is 1.11 bits per heavy atom. The highest BCUT2D eigenvalue weighted by Gasteiger charge is 2.48. The number of fused-ring (bicyclic) bond motifs is 1. The summed E-state index contributed by atoms with van der Waals surface area (Å²) in [5.41, 5.74) is 0.456. The van der Waals surface area contributed by atoms with Crippen LogP contribution in [0.5, 0.6) is 0 Å². The highest BCUT2D eigenvalue weighted by molar-refractivity contribution is 6.19. The van der Waals surface area contributed by atoms with E-state index in [2.05, 4.69) is 0 Å². The van der Waals surface area contributed by atoms with Crippen LogP contribution in [0, 0.1) is 0 Å². The zero-order valence-corrected chi connectivity index (χ0v) is 16.2. The number of rotatable bonds is 6. The topological polar surface area (TPSA) is 66.8 Å². The van der Waals surface area contributed by atoms with Crippen molar-refractivity contribution in [3.05, 3.63) is 66.2 Å². The summed E-state index contributed by atoms with van der Waals surface area (Å²) in [5, 5.41) is 11.6. The zero-order chi connectivity index (χ0) is 20.1. The fraction of sp³-hybridized carbons (Fsp3) is 0.304. The highest BCUT2D eigenvalue weighted by Crippen LogP contribution is 2.46. The van der Waals surface area contributed by atoms with Gasteiger partial charge in [0.25, 0.3) is 5.91 Å². The van der Waals surface area contributed by atoms with Crippen LogP contribution in [0.2, 0.25) is 0 Å². The number of esters is 1. The maximum absolute atomic E-state index is 13.5. The average molecular weight is 379 g/mol. The number of aliphatic hydroxyl groups is 1. The van der Waals surface area contributed by atoms with Crippen molar-refractivity contribution in [2.75, 3.05) is 11.5 Å². The Morgan fingerprint density at radius 2 is 1.79 bits per heavy atom. The molecule has 0 bridgehead atoms. The summed E-state index contributed by atoms with van der Waals surface area (Å²) in [6.07, 6.45) is 2.95. The molecule has 1 aliphatic rings. The first-order chi connectivity index (χ1) is 13.5. The molecular formula is C23H25NO4. The van der Waals surface area contributed by atoms with Gasteiger partial charge in [-0.25, -0.2) is 4.79 Å². The molecule has 0 saturated heterocycles. The Bertz CT molecular complexity index is 890. The van der Waals surface area contributed by atoms with E-state index < -0.39 is 17.5 Å². The van der Waals surface area contributed by atoms with Crippen molar-refractivity contribution in [1.29, 1.82) is 0 Å². The number of unbranched alkanes of at least 4 members (excludes halogenated alkanes) is 1. The molecule has 146 valence electrons. The number of nitrogens with zero attached hydrogens (tertiary/aromatic N) is 1. The van der Waals surface area contributed by atoms with Crippen LogP contribution in [-0.2, 0) is 14.3 Å². The minimum Gasteiger partial charge on any atom is -0.463 e. The van der Waals surface area contributed by atoms with Crippen LogP contribution < -0.4 is 4.90 Å². The second kappa shape index (κ2) is 8.40. The molecule has 5 heteroatoms. The fourth-order valence-corrected chi connectivity index (χ4v) is 3.54. The fourth-order valence-electron chi connectivity index (χ4n) is 3.54. The molecule has 0 saturated carbocycles. The molecule has 1 N–H and O–H groups in total. The molecule has 2 aromatic carbocycles. The van der Waals surface area contributed by atoms with Crippen LogP contribution >= 0.6 is 0 Å². The Labute approximate surface area is 165 Å². The molecular weight excluding hydrogens is 354 g/mol. The van der Waals surface area contributed by atoms with Crippen molar-refractivity contribution in [2.45, 2.75) is 38.7 Å². The third-order valence-electron chi connectivity index (χ3n) is 4.89. The van der Waals surface area contributed by atoms with Crippen molar-refractivity contribution in [3.63, 3.8) is 0 Å². The van der Waals surface area contributed by atoms with Crippen LogP contribution in [-0.4, -0.2) is 29.2 Å². The predicted octanol–water partition coefficient (Wildman–Crippen LogP) is 4.23. The SMILES string of the molecule is CCCCC1(O)C(=O)N(c2ccccc2)c2ccccc2/C1=C/C(=O)OCC. The zero-order valence-electron chi connectivity index (χ0n) is 16.2. The molecule has 1 unspecified atom stereocenters. The van der Waals surface area contributed by atoms with Crippen molar-refractivity contribution >= 4 is 28.8 Å². The van der Waals surface area contributed by atoms with Crippen LogP contribution in [0.25, 0.3) is 5.57 Å². The van der Waals surface area contributed by atoms with E-state index in [1.54, 1.807) is 6.92 Å². The van der Waals surface area contributed by atoms with E-state index in [9.17, 15) is 14.7 Å². The summed E-state index contributed by atoms with van der Waals surface area (Å²) >= 11 is 0. The smallest absolute Gasteiger partial charge is 0.331 e. The number of anilines is 2.